The Balaban J connectivity index is 1.39. The van der Waals surface area contributed by atoms with Crippen LogP contribution in [0.5, 0.6) is 0 Å². The van der Waals surface area contributed by atoms with Crippen molar-refractivity contribution < 1.29 is 14.4 Å². The number of carbonyl (C=O) groups excluding carboxylic acids is 3. The first kappa shape index (κ1) is 20.1. The van der Waals surface area contributed by atoms with Gasteiger partial charge in [0.15, 0.2) is 0 Å². The summed E-state index contributed by atoms with van der Waals surface area (Å²) < 4.78 is 0. The third-order valence-corrected chi connectivity index (χ3v) is 8.10. The number of hydrogen-bond donors (Lipinski definition) is 0. The number of rotatable bonds is 3. The Morgan fingerprint density at radius 1 is 0.629 bits per heavy atom. The van der Waals surface area contributed by atoms with Crippen molar-refractivity contribution >= 4 is 23.8 Å². The molecule has 2 bridgehead atoms. The molecule has 0 saturated carbocycles. The van der Waals surface area contributed by atoms with Crippen LogP contribution in [-0.4, -0.2) is 18.1 Å². The molecule has 0 spiro atoms. The van der Waals surface area contributed by atoms with Gasteiger partial charge >= 0.3 is 0 Å². The van der Waals surface area contributed by atoms with Crippen LogP contribution in [0.3, 0.4) is 0 Å². The van der Waals surface area contributed by atoms with Gasteiger partial charge in [0.25, 0.3) is 0 Å². The first-order chi connectivity index (χ1) is 17.2. The highest BCUT2D eigenvalue weighted by atomic mass is 16.2. The molecule has 4 aliphatic rings. The quantitative estimate of drug-likeness (QED) is 0.319. The summed E-state index contributed by atoms with van der Waals surface area (Å²) in [5, 5.41) is 0. The minimum Gasteiger partial charge on any atom is -0.302 e. The molecule has 168 valence electrons. The number of amides is 2. The number of hydrogen-bond acceptors (Lipinski definition) is 3. The lowest BCUT2D eigenvalue weighted by Gasteiger charge is -2.51. The fourth-order valence-electron chi connectivity index (χ4n) is 6.72. The van der Waals surface area contributed by atoms with E-state index >= 15 is 0 Å². The topological polar surface area (TPSA) is 54.5 Å². The maximum atomic E-state index is 14.0. The molecule has 1 heterocycles. The average Bonchev–Trinajstić information content (AvgIpc) is 3.20. The molecule has 1 fully saturated rings. The van der Waals surface area contributed by atoms with Crippen molar-refractivity contribution in [2.75, 3.05) is 4.90 Å². The minimum atomic E-state index is -1.17. The van der Waals surface area contributed by atoms with Gasteiger partial charge in [-0.2, -0.15) is 0 Å². The molecule has 0 N–H and O–H groups in total. The van der Waals surface area contributed by atoms with Crippen molar-refractivity contribution in [2.24, 2.45) is 11.8 Å². The molecule has 4 aromatic rings. The van der Waals surface area contributed by atoms with Crippen molar-refractivity contribution in [1.82, 2.24) is 0 Å². The van der Waals surface area contributed by atoms with Crippen molar-refractivity contribution in [3.8, 4) is 11.1 Å². The highest BCUT2D eigenvalue weighted by molar-refractivity contribution is 6.24. The zero-order valence-corrected chi connectivity index (χ0v) is 18.8. The second-order valence-electron chi connectivity index (χ2n) is 9.57. The van der Waals surface area contributed by atoms with E-state index in [1.54, 1.807) is 0 Å². The van der Waals surface area contributed by atoms with Crippen LogP contribution in [0.15, 0.2) is 103 Å². The first-order valence-electron chi connectivity index (χ1n) is 11.9. The van der Waals surface area contributed by atoms with Crippen LogP contribution in [0.25, 0.3) is 11.1 Å². The Hall–Kier alpha value is -4.31. The molecule has 2 amide bonds. The first-order valence-corrected chi connectivity index (χ1v) is 11.9. The minimum absolute atomic E-state index is 0.229. The molecule has 1 aliphatic heterocycles. The SMILES string of the molecule is O=CC12c3ccccc3C(c3ccccc31)[C@H]1C(=O)N(c3ccc(-c4ccccc4)cc3)C(=O)[C@@H]12. The molecular weight excluding hydrogens is 434 g/mol. The number of carbonyl (C=O) groups is 3. The fourth-order valence-corrected chi connectivity index (χ4v) is 6.72. The molecule has 0 radical (unpaired) electrons. The van der Waals surface area contributed by atoms with Gasteiger partial charge in [0.05, 0.1) is 22.9 Å². The predicted octanol–water partition coefficient (Wildman–Crippen LogP) is 5.10. The van der Waals surface area contributed by atoms with E-state index in [-0.39, 0.29) is 17.7 Å². The Morgan fingerprint density at radius 3 is 1.77 bits per heavy atom. The molecule has 2 atom stereocenters. The lowest BCUT2D eigenvalue weighted by Crippen LogP contribution is -2.54. The molecule has 1 saturated heterocycles. The van der Waals surface area contributed by atoms with E-state index in [4.69, 9.17) is 0 Å². The molecular formula is C31H21NO3. The summed E-state index contributed by atoms with van der Waals surface area (Å²) in [7, 11) is 0. The van der Waals surface area contributed by atoms with Crippen molar-refractivity contribution in [1.29, 1.82) is 0 Å². The monoisotopic (exact) mass is 455 g/mol. The third kappa shape index (κ3) is 2.43. The number of benzene rings is 4. The lowest BCUT2D eigenvalue weighted by atomic mass is 9.48. The van der Waals surface area contributed by atoms with Crippen molar-refractivity contribution in [2.45, 2.75) is 11.3 Å². The summed E-state index contributed by atoms with van der Waals surface area (Å²) in [6.45, 7) is 0. The highest BCUT2D eigenvalue weighted by Crippen LogP contribution is 2.63. The van der Waals surface area contributed by atoms with Crippen molar-refractivity contribution in [3.05, 3.63) is 125 Å². The number of anilines is 1. The van der Waals surface area contributed by atoms with Gasteiger partial charge in [-0.1, -0.05) is 91.0 Å². The van der Waals surface area contributed by atoms with Gasteiger partial charge in [-0.25, -0.2) is 4.90 Å². The number of aldehydes is 1. The standard InChI is InChI=1S/C31H21NO3/c33-18-31-24-12-6-4-10-22(24)26(23-11-5-7-13-25(23)31)27-28(31)30(35)32(29(27)34)21-16-14-20(15-17-21)19-8-2-1-3-9-19/h1-18,26-28H/t26?,27-,28-,31?/m1/s1. The second-order valence-corrected chi connectivity index (χ2v) is 9.57. The fraction of sp³-hybridized carbons (Fsp3) is 0.129. The summed E-state index contributed by atoms with van der Waals surface area (Å²) in [6.07, 6.45) is 0.908. The molecule has 4 heteroatoms. The lowest BCUT2D eigenvalue weighted by molar-refractivity contribution is -0.128. The number of nitrogens with zero attached hydrogens (tertiary/aromatic N) is 1. The van der Waals surface area contributed by atoms with Gasteiger partial charge < -0.3 is 4.79 Å². The van der Waals surface area contributed by atoms with E-state index in [9.17, 15) is 14.4 Å². The van der Waals surface area contributed by atoms with Gasteiger partial charge in [0, 0.05) is 5.92 Å². The molecule has 35 heavy (non-hydrogen) atoms. The van der Waals surface area contributed by atoms with Crippen LogP contribution in [0.2, 0.25) is 0 Å². The zero-order chi connectivity index (χ0) is 23.7. The predicted molar refractivity (Wildman–Crippen MR) is 133 cm³/mol. The van der Waals surface area contributed by atoms with E-state index in [1.165, 1.54) is 4.90 Å². The van der Waals surface area contributed by atoms with E-state index in [0.29, 0.717) is 5.69 Å². The van der Waals surface area contributed by atoms with E-state index in [2.05, 4.69) is 0 Å². The van der Waals surface area contributed by atoms with Gasteiger partial charge in [-0.15, -0.1) is 0 Å². The molecule has 0 unspecified atom stereocenters. The number of imide groups is 1. The Labute approximate surface area is 202 Å². The Morgan fingerprint density at radius 2 is 1.17 bits per heavy atom. The second kappa shape index (κ2) is 7.09. The third-order valence-electron chi connectivity index (χ3n) is 8.10. The summed E-state index contributed by atoms with van der Waals surface area (Å²) >= 11 is 0. The Bertz CT molecular complexity index is 1480. The molecule has 8 rings (SSSR count). The van der Waals surface area contributed by atoms with Crippen LogP contribution in [0.4, 0.5) is 5.69 Å². The van der Waals surface area contributed by atoms with E-state index in [0.717, 1.165) is 39.7 Å². The van der Waals surface area contributed by atoms with Gasteiger partial charge in [-0.3, -0.25) is 9.59 Å². The molecule has 3 aliphatic carbocycles. The van der Waals surface area contributed by atoms with Crippen LogP contribution < -0.4 is 4.90 Å². The normalized spacial score (nSPS) is 25.7. The zero-order valence-electron chi connectivity index (χ0n) is 18.8. The van der Waals surface area contributed by atoms with E-state index < -0.39 is 17.3 Å². The maximum absolute atomic E-state index is 14.0. The van der Waals surface area contributed by atoms with Gasteiger partial charge in [0.2, 0.25) is 11.8 Å². The van der Waals surface area contributed by atoms with Crippen LogP contribution in [-0.2, 0) is 19.8 Å². The van der Waals surface area contributed by atoms with Crippen LogP contribution >= 0.6 is 0 Å². The van der Waals surface area contributed by atoms with Crippen LogP contribution in [0.1, 0.15) is 28.2 Å². The van der Waals surface area contributed by atoms with E-state index in [1.807, 2.05) is 103 Å². The summed E-state index contributed by atoms with van der Waals surface area (Å²) in [5.41, 5.74) is 5.10. The van der Waals surface area contributed by atoms with Gasteiger partial charge in [0.1, 0.15) is 6.29 Å². The van der Waals surface area contributed by atoms with Crippen molar-refractivity contribution in [3.63, 3.8) is 0 Å². The molecule has 4 nitrogen and oxygen atoms in total. The largest absolute Gasteiger partial charge is 0.302 e. The summed E-state index contributed by atoms with van der Waals surface area (Å²) in [4.78, 5) is 42.3. The maximum Gasteiger partial charge on any atom is 0.239 e. The molecule has 0 aromatic heterocycles. The Kier molecular flexibility index (Phi) is 4.07. The summed E-state index contributed by atoms with van der Waals surface area (Å²) in [5.74, 6) is -2.14. The highest BCUT2D eigenvalue weighted by Gasteiger charge is 2.68. The average molecular weight is 456 g/mol. The van der Waals surface area contributed by atoms with Gasteiger partial charge in [-0.05, 0) is 45.5 Å². The smallest absolute Gasteiger partial charge is 0.239 e. The van der Waals surface area contributed by atoms with Crippen LogP contribution in [0, 0.1) is 11.8 Å². The molecule has 4 aromatic carbocycles. The summed E-state index contributed by atoms with van der Waals surface area (Å²) in [6, 6.07) is 33.1.